The van der Waals surface area contributed by atoms with Gasteiger partial charge in [-0.25, -0.2) is 4.68 Å². The number of carbonyl (C=O) groups excluding carboxylic acids is 2. The maximum absolute atomic E-state index is 13.8. The van der Waals surface area contributed by atoms with Gasteiger partial charge in [-0.2, -0.15) is 0 Å². The lowest BCUT2D eigenvalue weighted by molar-refractivity contribution is -0.144. The van der Waals surface area contributed by atoms with Crippen LogP contribution in [0.15, 0.2) is 6.20 Å². The van der Waals surface area contributed by atoms with Crippen LogP contribution in [0.4, 0.5) is 0 Å². The Labute approximate surface area is 189 Å². The first-order valence-electron chi connectivity index (χ1n) is 11.5. The molecule has 32 heavy (non-hydrogen) atoms. The van der Waals surface area contributed by atoms with Gasteiger partial charge in [-0.15, -0.1) is 5.10 Å². The smallest absolute Gasteiger partial charge is 0.248 e. The van der Waals surface area contributed by atoms with E-state index in [2.05, 4.69) is 15.6 Å². The van der Waals surface area contributed by atoms with Crippen molar-refractivity contribution in [3.05, 3.63) is 11.9 Å². The molecule has 10 heteroatoms. The van der Waals surface area contributed by atoms with Gasteiger partial charge in [0.15, 0.2) is 0 Å². The number of β-amino-alcohol motifs (C(OH)–C–C–N with tert-alkyl or cyclic N) is 1. The molecule has 1 aromatic heterocycles. The van der Waals surface area contributed by atoms with Crippen LogP contribution in [0.5, 0.6) is 0 Å². The number of amides is 2. The summed E-state index contributed by atoms with van der Waals surface area (Å²) in [7, 11) is 3.91. The summed E-state index contributed by atoms with van der Waals surface area (Å²) in [5.41, 5.74) is 0.467. The summed E-state index contributed by atoms with van der Waals surface area (Å²) in [5, 5.41) is 22.0. The van der Waals surface area contributed by atoms with Crippen LogP contribution in [0.3, 0.4) is 0 Å². The number of nitrogens with one attached hydrogen (secondary N) is 1. The molecule has 10 nitrogen and oxygen atoms in total. The van der Waals surface area contributed by atoms with E-state index < -0.39 is 23.6 Å². The van der Waals surface area contributed by atoms with Gasteiger partial charge in [0.05, 0.1) is 37.1 Å². The minimum Gasteiger partial charge on any atom is -0.391 e. The normalized spacial score (nSPS) is 29.5. The molecule has 0 unspecified atom stereocenters. The number of aliphatic hydroxyl groups excluding tert-OH is 1. The standard InChI is InChI=1S/C22H36N6O4/c1-22(2,3)19(28-10-15(24-25-28)13-6-7-13)21(31)27-9-14(29)8-17(27)20(30)23-16-11-32-12-18(16)26(4)5/h10,13-14,16-19,29H,6-9,11-12H2,1-5H3,(H,23,30)/t14-,16-,17+,18-,19-/m1/s1. The molecule has 1 saturated carbocycles. The number of hydrogen-bond donors (Lipinski definition) is 2. The number of carbonyl (C=O) groups is 2. The topological polar surface area (TPSA) is 113 Å². The molecular weight excluding hydrogens is 412 g/mol. The Kier molecular flexibility index (Phi) is 6.30. The summed E-state index contributed by atoms with van der Waals surface area (Å²) in [6.07, 6.45) is 3.56. The summed E-state index contributed by atoms with van der Waals surface area (Å²) in [5.74, 6) is -0.0275. The van der Waals surface area contributed by atoms with Crippen molar-refractivity contribution in [3.63, 3.8) is 0 Å². The van der Waals surface area contributed by atoms with E-state index in [-0.39, 0.29) is 36.9 Å². The van der Waals surface area contributed by atoms with Crippen LogP contribution in [0.1, 0.15) is 57.7 Å². The number of nitrogens with zero attached hydrogens (tertiary/aromatic N) is 5. The highest BCUT2D eigenvalue weighted by molar-refractivity contribution is 5.90. The van der Waals surface area contributed by atoms with Gasteiger partial charge in [-0.3, -0.25) is 9.59 Å². The second-order valence-electron chi connectivity index (χ2n) is 10.7. The van der Waals surface area contributed by atoms with E-state index in [0.29, 0.717) is 19.1 Å². The molecule has 2 amide bonds. The summed E-state index contributed by atoms with van der Waals surface area (Å²) in [6.45, 7) is 7.06. The fourth-order valence-corrected chi connectivity index (χ4v) is 4.79. The number of likely N-dealkylation sites (N-methyl/N-ethyl adjacent to an activating group) is 1. The Morgan fingerprint density at radius 1 is 1.28 bits per heavy atom. The zero-order chi connectivity index (χ0) is 23.2. The van der Waals surface area contributed by atoms with E-state index in [1.807, 2.05) is 46.0 Å². The maximum Gasteiger partial charge on any atom is 0.248 e. The molecule has 178 valence electrons. The molecule has 2 aliphatic heterocycles. The van der Waals surface area contributed by atoms with Gasteiger partial charge in [0.1, 0.15) is 12.1 Å². The molecular formula is C22H36N6O4. The zero-order valence-electron chi connectivity index (χ0n) is 19.7. The molecule has 4 rings (SSSR count). The average molecular weight is 449 g/mol. The molecule has 3 aliphatic rings. The van der Waals surface area contributed by atoms with Crippen molar-refractivity contribution in [2.24, 2.45) is 5.41 Å². The first-order valence-corrected chi connectivity index (χ1v) is 11.5. The third-order valence-corrected chi connectivity index (χ3v) is 6.75. The second-order valence-corrected chi connectivity index (χ2v) is 10.7. The molecule has 0 radical (unpaired) electrons. The monoisotopic (exact) mass is 448 g/mol. The van der Waals surface area contributed by atoms with E-state index in [1.165, 1.54) is 4.90 Å². The van der Waals surface area contributed by atoms with Gasteiger partial charge < -0.3 is 25.0 Å². The Hall–Kier alpha value is -2.04. The quantitative estimate of drug-likeness (QED) is 0.637. The molecule has 5 atom stereocenters. The van der Waals surface area contributed by atoms with Crippen molar-refractivity contribution in [2.75, 3.05) is 33.9 Å². The number of likely N-dealkylation sites (tertiary alicyclic amines) is 1. The highest BCUT2D eigenvalue weighted by Crippen LogP contribution is 2.40. The highest BCUT2D eigenvalue weighted by atomic mass is 16.5. The Bertz CT molecular complexity index is 846. The lowest BCUT2D eigenvalue weighted by Crippen LogP contribution is -2.55. The molecule has 1 aliphatic carbocycles. The summed E-state index contributed by atoms with van der Waals surface area (Å²) < 4.78 is 7.19. The van der Waals surface area contributed by atoms with Crippen LogP contribution in [0.2, 0.25) is 0 Å². The third-order valence-electron chi connectivity index (χ3n) is 6.75. The largest absolute Gasteiger partial charge is 0.391 e. The lowest BCUT2D eigenvalue weighted by atomic mass is 9.85. The van der Waals surface area contributed by atoms with Crippen LogP contribution >= 0.6 is 0 Å². The van der Waals surface area contributed by atoms with Crippen LogP contribution in [-0.4, -0.2) is 99.8 Å². The molecule has 0 aromatic carbocycles. The minimum atomic E-state index is -0.738. The van der Waals surface area contributed by atoms with Gasteiger partial charge in [0, 0.05) is 25.1 Å². The molecule has 3 heterocycles. The van der Waals surface area contributed by atoms with E-state index in [4.69, 9.17) is 4.74 Å². The molecule has 2 N–H and O–H groups in total. The number of aliphatic hydroxyl groups is 1. The van der Waals surface area contributed by atoms with Gasteiger partial charge in [0.2, 0.25) is 11.8 Å². The third kappa shape index (κ3) is 4.67. The van der Waals surface area contributed by atoms with E-state index >= 15 is 0 Å². The Morgan fingerprint density at radius 2 is 2.00 bits per heavy atom. The first-order chi connectivity index (χ1) is 15.1. The Morgan fingerprint density at radius 3 is 2.62 bits per heavy atom. The van der Waals surface area contributed by atoms with Crippen LogP contribution < -0.4 is 5.32 Å². The first kappa shape index (κ1) is 23.1. The fourth-order valence-electron chi connectivity index (χ4n) is 4.79. The van der Waals surface area contributed by atoms with E-state index in [0.717, 1.165) is 18.5 Å². The summed E-state index contributed by atoms with van der Waals surface area (Å²) in [6, 6.07) is -1.42. The number of hydrogen-bond acceptors (Lipinski definition) is 7. The molecule has 1 aromatic rings. The van der Waals surface area contributed by atoms with Crippen molar-refractivity contribution < 1.29 is 19.4 Å². The van der Waals surface area contributed by atoms with Crippen LogP contribution in [-0.2, 0) is 14.3 Å². The molecule has 0 bridgehead atoms. The number of rotatable bonds is 6. The summed E-state index contributed by atoms with van der Waals surface area (Å²) in [4.78, 5) is 30.5. The van der Waals surface area contributed by atoms with Gasteiger partial charge in [-0.1, -0.05) is 26.0 Å². The van der Waals surface area contributed by atoms with Crippen molar-refractivity contribution in [1.29, 1.82) is 0 Å². The lowest BCUT2D eigenvalue weighted by Gasteiger charge is -2.35. The SMILES string of the molecule is CN(C)[C@@H]1COC[C@H]1NC(=O)[C@@H]1C[C@@H](O)CN1C(=O)[C@@H](n1cc(C2CC2)nn1)C(C)(C)C. The van der Waals surface area contributed by atoms with Gasteiger partial charge in [0.25, 0.3) is 0 Å². The van der Waals surface area contributed by atoms with Crippen molar-refractivity contribution >= 4 is 11.8 Å². The zero-order valence-corrected chi connectivity index (χ0v) is 19.7. The predicted octanol–water partition coefficient (Wildman–Crippen LogP) is 0.150. The fraction of sp³-hybridized carbons (Fsp3) is 0.818. The van der Waals surface area contributed by atoms with Crippen molar-refractivity contribution in [3.8, 4) is 0 Å². The van der Waals surface area contributed by atoms with Gasteiger partial charge >= 0.3 is 0 Å². The predicted molar refractivity (Wildman–Crippen MR) is 117 cm³/mol. The minimum absolute atomic E-state index is 0.0766. The van der Waals surface area contributed by atoms with Crippen molar-refractivity contribution in [1.82, 2.24) is 30.1 Å². The van der Waals surface area contributed by atoms with Crippen LogP contribution in [0.25, 0.3) is 0 Å². The maximum atomic E-state index is 13.8. The number of aromatic nitrogens is 3. The second kappa shape index (κ2) is 8.72. The molecule has 2 saturated heterocycles. The Balaban J connectivity index is 1.53. The summed E-state index contributed by atoms with van der Waals surface area (Å²) >= 11 is 0. The molecule has 0 spiro atoms. The van der Waals surface area contributed by atoms with Crippen LogP contribution in [0, 0.1) is 5.41 Å². The van der Waals surface area contributed by atoms with Crippen molar-refractivity contribution in [2.45, 2.75) is 76.2 Å². The van der Waals surface area contributed by atoms with E-state index in [9.17, 15) is 14.7 Å². The average Bonchev–Trinajstić information content (AvgIpc) is 3.09. The molecule has 3 fully saturated rings. The number of ether oxygens (including phenoxy) is 1. The van der Waals surface area contributed by atoms with E-state index in [1.54, 1.807) is 4.68 Å². The highest BCUT2D eigenvalue weighted by Gasteiger charge is 2.46. The van der Waals surface area contributed by atoms with Gasteiger partial charge in [-0.05, 0) is 32.4 Å².